The molecule has 5 heteroatoms. The fourth-order valence-electron chi connectivity index (χ4n) is 4.43. The molecule has 2 aromatic carbocycles. The van der Waals surface area contributed by atoms with Crippen LogP contribution in [0.1, 0.15) is 49.7 Å². The van der Waals surface area contributed by atoms with Crippen molar-refractivity contribution in [3.8, 4) is 5.75 Å². The topological polar surface area (TPSA) is 46.6 Å². The van der Waals surface area contributed by atoms with E-state index in [0.717, 1.165) is 40.3 Å². The predicted octanol–water partition coefficient (Wildman–Crippen LogP) is 5.57. The van der Waals surface area contributed by atoms with Crippen molar-refractivity contribution >= 4 is 29.0 Å². The van der Waals surface area contributed by atoms with Crippen molar-refractivity contribution in [3.63, 3.8) is 0 Å². The summed E-state index contributed by atoms with van der Waals surface area (Å²) in [7, 11) is 0. The molecule has 0 saturated carbocycles. The van der Waals surface area contributed by atoms with Gasteiger partial charge in [-0.25, -0.2) is 0 Å². The van der Waals surface area contributed by atoms with Crippen molar-refractivity contribution in [3.05, 3.63) is 69.9 Å². The van der Waals surface area contributed by atoms with Gasteiger partial charge in [-0.1, -0.05) is 35.9 Å². The van der Waals surface area contributed by atoms with Gasteiger partial charge in [0.2, 0.25) is 5.91 Å². The van der Waals surface area contributed by atoms with Crippen LogP contribution in [0.5, 0.6) is 5.75 Å². The number of benzene rings is 2. The van der Waals surface area contributed by atoms with Crippen molar-refractivity contribution in [1.29, 1.82) is 0 Å². The maximum Gasteiger partial charge on any atom is 0.232 e. The zero-order chi connectivity index (χ0) is 20.5. The van der Waals surface area contributed by atoms with E-state index in [4.69, 9.17) is 16.3 Å². The molecule has 4 rings (SSSR count). The van der Waals surface area contributed by atoms with Crippen LogP contribution in [0.2, 0.25) is 5.02 Å². The van der Waals surface area contributed by atoms with Crippen LogP contribution in [0.4, 0.5) is 5.69 Å². The molecule has 0 radical (unpaired) electrons. The van der Waals surface area contributed by atoms with Gasteiger partial charge in [0.05, 0.1) is 12.3 Å². The molecule has 2 aromatic rings. The van der Waals surface area contributed by atoms with E-state index in [0.29, 0.717) is 24.5 Å². The summed E-state index contributed by atoms with van der Waals surface area (Å²) < 4.78 is 5.81. The van der Waals surface area contributed by atoms with Crippen molar-refractivity contribution < 1.29 is 14.3 Å². The third kappa shape index (κ3) is 3.46. The maximum absolute atomic E-state index is 13.4. The van der Waals surface area contributed by atoms with Crippen LogP contribution in [0.15, 0.2) is 53.7 Å². The Bertz CT molecular complexity index is 1010. The Labute approximate surface area is 176 Å². The quantitative estimate of drug-likeness (QED) is 0.662. The zero-order valence-corrected chi connectivity index (χ0v) is 17.5. The number of carbonyl (C=O) groups is 2. The van der Waals surface area contributed by atoms with E-state index in [1.807, 2.05) is 56.3 Å². The Balaban J connectivity index is 1.89. The molecule has 4 nitrogen and oxygen atoms in total. The van der Waals surface area contributed by atoms with Crippen LogP contribution in [0.25, 0.3) is 0 Å². The molecule has 0 spiro atoms. The summed E-state index contributed by atoms with van der Waals surface area (Å²) in [4.78, 5) is 28.2. The standard InChI is InChI=1S/C24H24ClNO3/c1-3-29-22-13-5-4-8-16(22)17-14-23(28)26(19-10-6-9-18(25)15(19)2)20-11-7-12-21(27)24(17)20/h4-6,8-10,13,17H,3,7,11-12,14H2,1-2H3. The number of hydrogen-bond acceptors (Lipinski definition) is 3. The molecule has 150 valence electrons. The van der Waals surface area contributed by atoms with Gasteiger partial charge in [0, 0.05) is 40.6 Å². The Morgan fingerprint density at radius 3 is 2.69 bits per heavy atom. The van der Waals surface area contributed by atoms with E-state index < -0.39 is 0 Å². The molecule has 0 saturated heterocycles. The van der Waals surface area contributed by atoms with Gasteiger partial charge in [-0.15, -0.1) is 0 Å². The van der Waals surface area contributed by atoms with Crippen LogP contribution in [-0.2, 0) is 9.59 Å². The normalized spacial score (nSPS) is 19.4. The average molecular weight is 410 g/mol. The monoisotopic (exact) mass is 409 g/mol. The highest BCUT2D eigenvalue weighted by molar-refractivity contribution is 6.31. The maximum atomic E-state index is 13.4. The highest BCUT2D eigenvalue weighted by atomic mass is 35.5. The largest absolute Gasteiger partial charge is 0.494 e. The number of amides is 1. The predicted molar refractivity (Wildman–Crippen MR) is 115 cm³/mol. The molecular formula is C24H24ClNO3. The van der Waals surface area contributed by atoms with Gasteiger partial charge in [-0.2, -0.15) is 0 Å². The fraction of sp³-hybridized carbons (Fsp3) is 0.333. The smallest absolute Gasteiger partial charge is 0.232 e. The van der Waals surface area contributed by atoms with Crippen molar-refractivity contribution in [2.24, 2.45) is 0 Å². The second kappa shape index (κ2) is 8.03. The number of anilines is 1. The summed E-state index contributed by atoms with van der Waals surface area (Å²) in [6, 6.07) is 13.3. The second-order valence-corrected chi connectivity index (χ2v) is 7.88. The van der Waals surface area contributed by atoms with Gasteiger partial charge in [0.25, 0.3) is 0 Å². The first-order valence-electron chi connectivity index (χ1n) is 10.1. The van der Waals surface area contributed by atoms with Gasteiger partial charge < -0.3 is 4.74 Å². The average Bonchev–Trinajstić information content (AvgIpc) is 2.71. The minimum absolute atomic E-state index is 0.0138. The molecule has 1 amide bonds. The lowest BCUT2D eigenvalue weighted by molar-refractivity contribution is -0.119. The zero-order valence-electron chi connectivity index (χ0n) is 16.7. The minimum Gasteiger partial charge on any atom is -0.494 e. The summed E-state index contributed by atoms with van der Waals surface area (Å²) in [5, 5.41) is 0.614. The number of carbonyl (C=O) groups excluding carboxylic acids is 2. The van der Waals surface area contributed by atoms with Crippen molar-refractivity contribution in [2.45, 2.75) is 45.4 Å². The van der Waals surface area contributed by atoms with Crippen LogP contribution < -0.4 is 9.64 Å². The third-order valence-corrected chi connectivity index (χ3v) is 6.16. The van der Waals surface area contributed by atoms with Gasteiger partial charge in [-0.05, 0) is 50.5 Å². The molecule has 0 fully saturated rings. The van der Waals surface area contributed by atoms with Gasteiger partial charge in [-0.3, -0.25) is 14.5 Å². The first-order chi connectivity index (χ1) is 14.0. The molecule has 2 aliphatic rings. The van der Waals surface area contributed by atoms with Crippen LogP contribution in [0.3, 0.4) is 0 Å². The molecule has 1 unspecified atom stereocenters. The molecule has 29 heavy (non-hydrogen) atoms. The summed E-state index contributed by atoms with van der Waals surface area (Å²) in [5.41, 5.74) is 4.09. The van der Waals surface area contributed by atoms with Gasteiger partial charge >= 0.3 is 0 Å². The molecule has 0 bridgehead atoms. The fourth-order valence-corrected chi connectivity index (χ4v) is 4.60. The van der Waals surface area contributed by atoms with Gasteiger partial charge in [0.15, 0.2) is 5.78 Å². The number of para-hydroxylation sites is 1. The highest BCUT2D eigenvalue weighted by Gasteiger charge is 2.41. The van der Waals surface area contributed by atoms with E-state index >= 15 is 0 Å². The van der Waals surface area contributed by atoms with E-state index in [1.165, 1.54) is 0 Å². The molecule has 1 heterocycles. The number of halogens is 1. The molecular weight excluding hydrogens is 386 g/mol. The highest BCUT2D eigenvalue weighted by Crippen LogP contribution is 2.46. The lowest BCUT2D eigenvalue weighted by atomic mass is 9.76. The van der Waals surface area contributed by atoms with Gasteiger partial charge in [0.1, 0.15) is 5.75 Å². The first-order valence-corrected chi connectivity index (χ1v) is 10.5. The number of allylic oxidation sites excluding steroid dienone is 2. The summed E-state index contributed by atoms with van der Waals surface area (Å²) >= 11 is 6.33. The van der Waals surface area contributed by atoms with Crippen LogP contribution in [-0.4, -0.2) is 18.3 Å². The number of ketones is 1. The second-order valence-electron chi connectivity index (χ2n) is 7.48. The van der Waals surface area contributed by atoms with Crippen molar-refractivity contribution in [2.75, 3.05) is 11.5 Å². The van der Waals surface area contributed by atoms with E-state index in [9.17, 15) is 9.59 Å². The molecule has 1 atom stereocenters. The lowest BCUT2D eigenvalue weighted by Crippen LogP contribution is -2.41. The third-order valence-electron chi connectivity index (χ3n) is 5.75. The van der Waals surface area contributed by atoms with Crippen molar-refractivity contribution in [1.82, 2.24) is 0 Å². The Kier molecular flexibility index (Phi) is 5.46. The van der Waals surface area contributed by atoms with E-state index in [1.54, 1.807) is 4.90 Å². The molecule has 0 N–H and O–H groups in total. The van der Waals surface area contributed by atoms with E-state index in [2.05, 4.69) is 0 Å². The summed E-state index contributed by atoms with van der Waals surface area (Å²) in [6.45, 7) is 4.38. The summed E-state index contributed by atoms with van der Waals surface area (Å²) in [6.07, 6.45) is 2.20. The number of nitrogens with zero attached hydrogens (tertiary/aromatic N) is 1. The Morgan fingerprint density at radius 2 is 1.90 bits per heavy atom. The molecule has 1 aliphatic carbocycles. The SMILES string of the molecule is CCOc1ccccc1C1CC(=O)N(c2cccc(Cl)c2C)C2=C1C(=O)CCC2. The Morgan fingerprint density at radius 1 is 1.10 bits per heavy atom. The number of hydrogen-bond donors (Lipinski definition) is 0. The first kappa shape index (κ1) is 19.7. The van der Waals surface area contributed by atoms with Crippen LogP contribution >= 0.6 is 11.6 Å². The molecule has 1 aliphatic heterocycles. The van der Waals surface area contributed by atoms with Crippen LogP contribution in [0, 0.1) is 6.92 Å². The van der Waals surface area contributed by atoms with E-state index in [-0.39, 0.29) is 24.0 Å². The lowest BCUT2D eigenvalue weighted by Gasteiger charge is -2.39. The molecule has 0 aromatic heterocycles. The number of ether oxygens (including phenoxy) is 1. The summed E-state index contributed by atoms with van der Waals surface area (Å²) in [5.74, 6) is 0.578. The Hall–Kier alpha value is -2.59. The number of Topliss-reactive ketones (excluding diaryl/α,β-unsaturated/α-hetero) is 1. The minimum atomic E-state index is -0.274. The number of rotatable bonds is 4.